The Morgan fingerprint density at radius 3 is 2.14 bits per heavy atom. The van der Waals surface area contributed by atoms with Crippen molar-refractivity contribution in [2.24, 2.45) is 0 Å². The number of carbonyl (C=O) groups excluding carboxylic acids is 1. The van der Waals surface area contributed by atoms with Crippen LogP contribution in [0.25, 0.3) is 0 Å². The Morgan fingerprint density at radius 2 is 1.86 bits per heavy atom. The number of nitrogens with one attached hydrogen (secondary N) is 2. The number of ketones is 1. The molecule has 14 heavy (non-hydrogen) atoms. The van der Waals surface area contributed by atoms with Crippen LogP contribution in [-0.2, 0) is 0 Å². The predicted octanol–water partition coefficient (Wildman–Crippen LogP) is 0.547. The highest BCUT2D eigenvalue weighted by Crippen LogP contribution is 2.02. The Kier molecular flexibility index (Phi) is 5.44. The standard InChI is InChI=1S/C6H7N3O.C2H4N2/c1-4(10)5-6(7)9-3-2-8-5;3-1-2-4/h2-3H,1H3,(H2,7,9);1-4H. The number of Topliss-reactive ketones (excluding diaryl/α,β-unsaturated/α-hetero) is 1. The van der Waals surface area contributed by atoms with E-state index in [4.69, 9.17) is 16.6 Å². The number of carbonyl (C=O) groups is 1. The van der Waals surface area contributed by atoms with Crippen molar-refractivity contribution in [3.63, 3.8) is 0 Å². The van der Waals surface area contributed by atoms with Gasteiger partial charge in [0.25, 0.3) is 0 Å². The molecule has 0 bridgehead atoms. The molecule has 0 radical (unpaired) electrons. The molecule has 6 nitrogen and oxygen atoms in total. The summed E-state index contributed by atoms with van der Waals surface area (Å²) >= 11 is 0. The smallest absolute Gasteiger partial charge is 0.181 e. The molecule has 74 valence electrons. The van der Waals surface area contributed by atoms with Gasteiger partial charge in [0, 0.05) is 31.7 Å². The van der Waals surface area contributed by atoms with Crippen LogP contribution < -0.4 is 5.73 Å². The first kappa shape index (κ1) is 11.9. The molecule has 0 aliphatic rings. The minimum absolute atomic E-state index is 0.161. The molecule has 0 aliphatic carbocycles. The summed E-state index contributed by atoms with van der Waals surface area (Å²) in [5.74, 6) is 0.0283. The van der Waals surface area contributed by atoms with Crippen LogP contribution in [0, 0.1) is 10.8 Å². The minimum atomic E-state index is -0.161. The number of nitrogens with two attached hydrogens (primary N) is 1. The maximum Gasteiger partial charge on any atom is 0.181 e. The Hall–Kier alpha value is -2.11. The summed E-state index contributed by atoms with van der Waals surface area (Å²) in [5.41, 5.74) is 5.57. The molecular weight excluding hydrogens is 182 g/mol. The van der Waals surface area contributed by atoms with Crippen LogP contribution in [-0.4, -0.2) is 28.2 Å². The molecule has 0 amide bonds. The molecule has 0 fully saturated rings. The van der Waals surface area contributed by atoms with E-state index in [1.54, 1.807) is 0 Å². The van der Waals surface area contributed by atoms with E-state index in [9.17, 15) is 4.79 Å². The first-order chi connectivity index (χ1) is 6.63. The molecule has 0 aromatic carbocycles. The third-order valence-electron chi connectivity index (χ3n) is 1.14. The van der Waals surface area contributed by atoms with Crippen molar-refractivity contribution in [2.75, 3.05) is 5.73 Å². The molecule has 4 N–H and O–H groups in total. The number of rotatable bonds is 2. The van der Waals surface area contributed by atoms with E-state index in [0.29, 0.717) is 0 Å². The van der Waals surface area contributed by atoms with E-state index < -0.39 is 0 Å². The zero-order chi connectivity index (χ0) is 11.0. The van der Waals surface area contributed by atoms with Gasteiger partial charge >= 0.3 is 0 Å². The Balaban J connectivity index is 0.000000364. The molecule has 1 aromatic rings. The second kappa shape index (κ2) is 6.41. The van der Waals surface area contributed by atoms with Crippen LogP contribution in [0.1, 0.15) is 17.4 Å². The maximum atomic E-state index is 10.7. The van der Waals surface area contributed by atoms with Gasteiger partial charge in [-0.15, -0.1) is 0 Å². The average Bonchev–Trinajstić information content (AvgIpc) is 2.18. The highest BCUT2D eigenvalue weighted by Gasteiger charge is 2.04. The van der Waals surface area contributed by atoms with Crippen LogP contribution in [0.2, 0.25) is 0 Å². The van der Waals surface area contributed by atoms with E-state index in [1.807, 2.05) is 0 Å². The largest absolute Gasteiger partial charge is 0.382 e. The van der Waals surface area contributed by atoms with Gasteiger partial charge in [0.2, 0.25) is 0 Å². The molecule has 1 heterocycles. The Morgan fingerprint density at radius 1 is 1.36 bits per heavy atom. The summed E-state index contributed by atoms with van der Waals surface area (Å²) < 4.78 is 0. The molecule has 0 saturated carbocycles. The molecule has 0 saturated heterocycles. The summed E-state index contributed by atoms with van der Waals surface area (Å²) in [6, 6.07) is 0. The second-order valence-electron chi connectivity index (χ2n) is 2.18. The van der Waals surface area contributed by atoms with Crippen molar-refractivity contribution in [3.8, 4) is 0 Å². The minimum Gasteiger partial charge on any atom is -0.382 e. The van der Waals surface area contributed by atoms with Gasteiger partial charge in [-0.25, -0.2) is 9.97 Å². The lowest BCUT2D eigenvalue weighted by Gasteiger charge is -1.95. The summed E-state index contributed by atoms with van der Waals surface area (Å²) in [7, 11) is 0. The number of nitrogen functional groups attached to an aromatic ring is 1. The van der Waals surface area contributed by atoms with E-state index in [-0.39, 0.29) is 17.3 Å². The fourth-order valence-electron chi connectivity index (χ4n) is 0.620. The number of aromatic nitrogens is 2. The van der Waals surface area contributed by atoms with Gasteiger partial charge in [-0.05, 0) is 0 Å². The van der Waals surface area contributed by atoms with Crippen LogP contribution in [0.3, 0.4) is 0 Å². The van der Waals surface area contributed by atoms with E-state index >= 15 is 0 Å². The molecule has 0 aliphatic heterocycles. The predicted molar refractivity (Wildman–Crippen MR) is 54.0 cm³/mol. The number of hydrogen-bond acceptors (Lipinski definition) is 6. The van der Waals surface area contributed by atoms with Gasteiger partial charge < -0.3 is 16.6 Å². The third kappa shape index (κ3) is 4.05. The SMILES string of the molecule is CC(=O)c1nccnc1N.N=CC=N. The molecule has 0 spiro atoms. The lowest BCUT2D eigenvalue weighted by Crippen LogP contribution is -2.03. The topological polar surface area (TPSA) is 117 Å². The third-order valence-corrected chi connectivity index (χ3v) is 1.14. The van der Waals surface area contributed by atoms with Crippen molar-refractivity contribution in [1.82, 2.24) is 9.97 Å². The van der Waals surface area contributed by atoms with E-state index in [0.717, 1.165) is 12.4 Å². The van der Waals surface area contributed by atoms with Crippen LogP contribution in [0.15, 0.2) is 12.4 Å². The average molecular weight is 193 g/mol. The fourth-order valence-corrected chi connectivity index (χ4v) is 0.620. The molecule has 0 atom stereocenters. The van der Waals surface area contributed by atoms with Crippen LogP contribution >= 0.6 is 0 Å². The maximum absolute atomic E-state index is 10.7. The summed E-state index contributed by atoms with van der Waals surface area (Å²) in [4.78, 5) is 18.1. The van der Waals surface area contributed by atoms with E-state index in [1.165, 1.54) is 19.3 Å². The fraction of sp³-hybridized carbons (Fsp3) is 0.125. The molecule has 1 rings (SSSR count). The van der Waals surface area contributed by atoms with Crippen molar-refractivity contribution in [3.05, 3.63) is 18.1 Å². The zero-order valence-electron chi connectivity index (χ0n) is 7.69. The van der Waals surface area contributed by atoms with Crippen molar-refractivity contribution in [2.45, 2.75) is 6.92 Å². The monoisotopic (exact) mass is 193 g/mol. The van der Waals surface area contributed by atoms with Gasteiger partial charge in [-0.1, -0.05) is 0 Å². The summed E-state index contributed by atoms with van der Waals surface area (Å²) in [6.45, 7) is 1.40. The summed E-state index contributed by atoms with van der Waals surface area (Å²) in [5, 5.41) is 12.2. The van der Waals surface area contributed by atoms with Crippen molar-refractivity contribution in [1.29, 1.82) is 10.8 Å². The highest BCUT2D eigenvalue weighted by molar-refractivity contribution is 6.12. The van der Waals surface area contributed by atoms with Crippen molar-refractivity contribution >= 4 is 24.0 Å². The van der Waals surface area contributed by atoms with Gasteiger partial charge in [-0.2, -0.15) is 0 Å². The van der Waals surface area contributed by atoms with Crippen LogP contribution in [0.4, 0.5) is 5.82 Å². The normalized spacial score (nSPS) is 8.07. The Labute approximate surface area is 81.2 Å². The quantitative estimate of drug-likeness (QED) is 0.469. The molecule has 0 unspecified atom stereocenters. The van der Waals surface area contributed by atoms with Gasteiger partial charge in [-0.3, -0.25) is 4.79 Å². The molecular formula is C8H11N5O. The lowest BCUT2D eigenvalue weighted by atomic mass is 10.3. The van der Waals surface area contributed by atoms with Crippen LogP contribution in [0.5, 0.6) is 0 Å². The zero-order valence-corrected chi connectivity index (χ0v) is 7.69. The number of hydrogen-bond donors (Lipinski definition) is 3. The highest BCUT2D eigenvalue weighted by atomic mass is 16.1. The Bertz CT molecular complexity index is 330. The lowest BCUT2D eigenvalue weighted by molar-refractivity contribution is 0.101. The van der Waals surface area contributed by atoms with Gasteiger partial charge in [0.15, 0.2) is 11.6 Å². The van der Waals surface area contributed by atoms with Gasteiger partial charge in [0.05, 0.1) is 0 Å². The van der Waals surface area contributed by atoms with Crippen molar-refractivity contribution < 1.29 is 4.79 Å². The summed E-state index contributed by atoms with van der Waals surface area (Å²) in [6.07, 6.45) is 4.72. The molecule has 1 aromatic heterocycles. The first-order valence-corrected chi connectivity index (χ1v) is 3.70. The van der Waals surface area contributed by atoms with E-state index in [2.05, 4.69) is 9.97 Å². The number of anilines is 1. The first-order valence-electron chi connectivity index (χ1n) is 3.70. The number of nitrogens with zero attached hydrogens (tertiary/aromatic N) is 2. The second-order valence-corrected chi connectivity index (χ2v) is 2.18. The molecule has 6 heteroatoms. The van der Waals surface area contributed by atoms with Gasteiger partial charge in [0.1, 0.15) is 5.69 Å².